The van der Waals surface area contributed by atoms with Crippen molar-refractivity contribution in [3.8, 4) is 5.75 Å². The Morgan fingerprint density at radius 2 is 2.25 bits per heavy atom. The highest BCUT2D eigenvalue weighted by molar-refractivity contribution is 5.73. The van der Waals surface area contributed by atoms with E-state index >= 15 is 0 Å². The number of aryl methyl sites for hydroxylation is 1. The average Bonchev–Trinajstić information content (AvgIpc) is 2.34. The van der Waals surface area contributed by atoms with Crippen molar-refractivity contribution in [1.29, 1.82) is 0 Å². The van der Waals surface area contributed by atoms with Crippen LogP contribution in [0.25, 0.3) is 0 Å². The first-order chi connectivity index (χ1) is 8.17. The van der Waals surface area contributed by atoms with Gasteiger partial charge in [-0.2, -0.15) is 0 Å². The lowest BCUT2D eigenvalue weighted by Crippen LogP contribution is -2.34. The fourth-order valence-corrected chi connectivity index (χ4v) is 1.42. The molecule has 0 saturated heterocycles. The van der Waals surface area contributed by atoms with Gasteiger partial charge in [0.2, 0.25) is 0 Å². The van der Waals surface area contributed by atoms with Crippen LogP contribution >= 0.6 is 0 Å². The third kappa shape index (κ3) is 3.55. The fourth-order valence-electron chi connectivity index (χ4n) is 1.42. The summed E-state index contributed by atoms with van der Waals surface area (Å²) in [5, 5.41) is 11.5. The number of carboxylic acid groups (broad SMARTS) is 1. The highest BCUT2D eigenvalue weighted by Crippen LogP contribution is 2.13. The van der Waals surface area contributed by atoms with Crippen LogP contribution in [0.4, 0.5) is 0 Å². The molecule has 0 fully saturated rings. The smallest absolute Gasteiger partial charge is 0.320 e. The maximum absolute atomic E-state index is 10.8. The van der Waals surface area contributed by atoms with E-state index < -0.39 is 12.0 Å². The van der Waals surface area contributed by atoms with Gasteiger partial charge < -0.3 is 15.2 Å². The van der Waals surface area contributed by atoms with Crippen molar-refractivity contribution in [2.75, 3.05) is 14.1 Å². The second kappa shape index (κ2) is 6.12. The molecule has 1 aromatic rings. The summed E-state index contributed by atoms with van der Waals surface area (Å²) in [6, 6.07) is 6.87. The van der Waals surface area contributed by atoms with Gasteiger partial charge in [-0.1, -0.05) is 12.1 Å². The topological polar surface area (TPSA) is 58.6 Å². The van der Waals surface area contributed by atoms with Crippen LogP contribution in [0.3, 0.4) is 0 Å². The van der Waals surface area contributed by atoms with Crippen LogP contribution in [0.2, 0.25) is 0 Å². The molecule has 0 amide bonds. The van der Waals surface area contributed by atoms with Gasteiger partial charge in [0.1, 0.15) is 11.8 Å². The van der Waals surface area contributed by atoms with Crippen molar-refractivity contribution < 1.29 is 16.0 Å². The molecule has 0 saturated carbocycles. The Morgan fingerprint density at radius 3 is 2.75 bits per heavy atom. The molecule has 0 radical (unpaired) electrons. The molecule has 4 heteroatoms. The number of hydrogen-bond donors (Lipinski definition) is 2. The molecule has 0 heterocycles. The monoisotopic (exact) mass is 224 g/mol. The quantitative estimate of drug-likeness (QED) is 0.764. The maximum Gasteiger partial charge on any atom is 0.320 e. The van der Waals surface area contributed by atoms with Crippen molar-refractivity contribution in [1.82, 2.24) is 5.32 Å². The SMILES string of the molecule is [2H]CN[C@@H](CCc1ccc(OC)cc1)C(=O)O. The number of methoxy groups -OCH3 is 1. The van der Waals surface area contributed by atoms with E-state index in [2.05, 4.69) is 5.32 Å². The van der Waals surface area contributed by atoms with Gasteiger partial charge >= 0.3 is 5.97 Å². The van der Waals surface area contributed by atoms with Gasteiger partial charge in [0.05, 0.1) is 7.11 Å². The highest BCUT2D eigenvalue weighted by atomic mass is 16.5. The Labute approximate surface area is 96.6 Å². The largest absolute Gasteiger partial charge is 0.497 e. The molecule has 1 atom stereocenters. The van der Waals surface area contributed by atoms with Gasteiger partial charge in [0.25, 0.3) is 0 Å². The van der Waals surface area contributed by atoms with Crippen LogP contribution in [-0.4, -0.2) is 31.3 Å². The lowest BCUT2D eigenvalue weighted by atomic mass is 10.1. The first kappa shape index (κ1) is 11.0. The summed E-state index contributed by atoms with van der Waals surface area (Å²) in [7, 11) is 1.52. The van der Waals surface area contributed by atoms with E-state index in [0.717, 1.165) is 11.3 Å². The van der Waals surface area contributed by atoms with Gasteiger partial charge in [0, 0.05) is 1.37 Å². The predicted molar refractivity (Wildman–Crippen MR) is 61.8 cm³/mol. The zero-order valence-electron chi connectivity index (χ0n) is 10.3. The Morgan fingerprint density at radius 1 is 1.56 bits per heavy atom. The van der Waals surface area contributed by atoms with Crippen molar-refractivity contribution in [3.63, 3.8) is 0 Å². The number of hydrogen-bond acceptors (Lipinski definition) is 3. The lowest BCUT2D eigenvalue weighted by Gasteiger charge is -2.10. The number of aliphatic carboxylic acids is 1. The first-order valence-corrected chi connectivity index (χ1v) is 5.05. The number of nitrogens with one attached hydrogen (secondary N) is 1. The van der Waals surface area contributed by atoms with Gasteiger partial charge in [-0.15, -0.1) is 0 Å². The molecule has 0 aliphatic heterocycles. The second-order valence-electron chi connectivity index (χ2n) is 3.48. The molecule has 1 rings (SSSR count). The molecule has 4 nitrogen and oxygen atoms in total. The van der Waals surface area contributed by atoms with Gasteiger partial charge in [-0.3, -0.25) is 4.79 Å². The molecule has 0 bridgehead atoms. The molecule has 0 spiro atoms. The number of carboxylic acids is 1. The third-order valence-electron chi connectivity index (χ3n) is 2.43. The Hall–Kier alpha value is -1.55. The van der Waals surface area contributed by atoms with Crippen molar-refractivity contribution >= 4 is 5.97 Å². The van der Waals surface area contributed by atoms with Crippen LogP contribution in [-0.2, 0) is 11.2 Å². The van der Waals surface area contributed by atoms with Gasteiger partial charge in [-0.25, -0.2) is 0 Å². The normalized spacial score (nSPS) is 12.9. The minimum absolute atomic E-state index is 0.0838. The second-order valence-corrected chi connectivity index (χ2v) is 3.48. The van der Waals surface area contributed by atoms with Crippen LogP contribution in [0.5, 0.6) is 5.75 Å². The molecule has 0 aromatic heterocycles. The molecule has 16 heavy (non-hydrogen) atoms. The predicted octanol–water partition coefficient (Wildman–Crippen LogP) is 1.30. The Bertz CT molecular complexity index is 353. The Balaban J connectivity index is 2.50. The maximum atomic E-state index is 10.8. The summed E-state index contributed by atoms with van der Waals surface area (Å²) in [4.78, 5) is 10.8. The molecular weight excluding hydrogens is 206 g/mol. The molecule has 0 unspecified atom stereocenters. The zero-order chi connectivity index (χ0) is 12.7. The van der Waals surface area contributed by atoms with Gasteiger partial charge in [-0.05, 0) is 37.6 Å². The van der Waals surface area contributed by atoms with E-state index in [0.29, 0.717) is 12.8 Å². The Kier molecular flexibility index (Phi) is 4.19. The lowest BCUT2D eigenvalue weighted by molar-refractivity contribution is -0.139. The van der Waals surface area contributed by atoms with Crippen LogP contribution < -0.4 is 10.1 Å². The number of likely N-dealkylation sites (N-methyl/N-ethyl adjacent to an activating group) is 1. The summed E-state index contributed by atoms with van der Waals surface area (Å²) in [6.07, 6.45) is 1.13. The molecule has 0 aliphatic rings. The van der Waals surface area contributed by atoms with Crippen molar-refractivity contribution in [2.24, 2.45) is 0 Å². The minimum atomic E-state index is -0.911. The minimum Gasteiger partial charge on any atom is -0.497 e. The van der Waals surface area contributed by atoms with E-state index in [4.69, 9.17) is 11.2 Å². The van der Waals surface area contributed by atoms with Crippen molar-refractivity contribution in [3.05, 3.63) is 29.8 Å². The summed E-state index contributed by atoms with van der Waals surface area (Å²) in [5.41, 5.74) is 1.06. The molecular formula is C12H17NO3. The van der Waals surface area contributed by atoms with E-state index in [1.54, 1.807) is 7.11 Å². The summed E-state index contributed by atoms with van der Waals surface area (Å²) in [6.45, 7) is 0. The number of carbonyl (C=O) groups is 1. The summed E-state index contributed by atoms with van der Waals surface area (Å²) >= 11 is 0. The summed E-state index contributed by atoms with van der Waals surface area (Å²) in [5.74, 6) is -0.126. The molecule has 0 aliphatic carbocycles. The first-order valence-electron chi connectivity index (χ1n) is 5.76. The zero-order valence-corrected chi connectivity index (χ0v) is 9.27. The van der Waals surface area contributed by atoms with E-state index in [-0.39, 0.29) is 7.02 Å². The molecule has 88 valence electrons. The van der Waals surface area contributed by atoms with Crippen LogP contribution in [0, 0.1) is 0 Å². The highest BCUT2D eigenvalue weighted by Gasteiger charge is 2.13. The number of benzene rings is 1. The van der Waals surface area contributed by atoms with Gasteiger partial charge in [0.15, 0.2) is 0 Å². The third-order valence-corrected chi connectivity index (χ3v) is 2.43. The van der Waals surface area contributed by atoms with Crippen molar-refractivity contribution in [2.45, 2.75) is 18.9 Å². The molecule has 1 aromatic carbocycles. The van der Waals surface area contributed by atoms with Crippen LogP contribution in [0.1, 0.15) is 13.4 Å². The fraction of sp³-hybridized carbons (Fsp3) is 0.417. The van der Waals surface area contributed by atoms with E-state index in [9.17, 15) is 4.79 Å². The average molecular weight is 224 g/mol. The van der Waals surface area contributed by atoms with E-state index in [1.165, 1.54) is 0 Å². The molecule has 2 N–H and O–H groups in total. The summed E-state index contributed by atoms with van der Waals surface area (Å²) < 4.78 is 12.0. The van der Waals surface area contributed by atoms with E-state index in [1.807, 2.05) is 24.3 Å². The number of ether oxygens (including phenoxy) is 1. The van der Waals surface area contributed by atoms with Crippen LogP contribution in [0.15, 0.2) is 24.3 Å². The number of rotatable bonds is 6. The standard InChI is InChI=1S/C12H17NO3/c1-13-11(12(14)15)8-5-9-3-6-10(16-2)7-4-9/h3-4,6-7,11,13H,5,8H2,1-2H3,(H,14,15)/t11-/m0/s1/i1D.